The van der Waals surface area contributed by atoms with Crippen LogP contribution in [0.3, 0.4) is 0 Å². The molecule has 1 saturated heterocycles. The van der Waals surface area contributed by atoms with Crippen molar-refractivity contribution in [1.29, 1.82) is 0 Å². The molecule has 1 fully saturated rings. The fourth-order valence-electron chi connectivity index (χ4n) is 3.15. The van der Waals surface area contributed by atoms with Gasteiger partial charge in [0.1, 0.15) is 6.33 Å². The van der Waals surface area contributed by atoms with Gasteiger partial charge in [-0.25, -0.2) is 0 Å². The molecule has 8 heteroatoms. The van der Waals surface area contributed by atoms with Gasteiger partial charge in [0, 0.05) is 26.2 Å². The zero-order valence-electron chi connectivity index (χ0n) is 14.0. The Morgan fingerprint density at radius 1 is 0.923 bits per heavy atom. The number of carbonyl (C=O) groups excluding carboxylic acids is 1. The molecule has 4 rings (SSSR count). The summed E-state index contributed by atoms with van der Waals surface area (Å²) in [4.78, 5) is 17.1. The lowest BCUT2D eigenvalue weighted by Crippen LogP contribution is -2.49. The Labute approximate surface area is 155 Å². The van der Waals surface area contributed by atoms with Gasteiger partial charge in [0.15, 0.2) is 0 Å². The van der Waals surface area contributed by atoms with Crippen LogP contribution in [-0.4, -0.2) is 57.2 Å². The lowest BCUT2D eigenvalue weighted by Gasteiger charge is -2.36. The van der Waals surface area contributed by atoms with Crippen molar-refractivity contribution in [3.05, 3.63) is 65.4 Å². The second-order valence-electron chi connectivity index (χ2n) is 6.00. The van der Waals surface area contributed by atoms with Gasteiger partial charge in [-0.05, 0) is 34.7 Å². The maximum absolute atomic E-state index is 13.0. The first-order chi connectivity index (χ1) is 12.7. The highest BCUT2D eigenvalue weighted by atomic mass is 35.5. The summed E-state index contributed by atoms with van der Waals surface area (Å²) < 4.78 is 1.51. The summed E-state index contributed by atoms with van der Waals surface area (Å²) in [6.45, 7) is 2.74. The number of carbonyl (C=O) groups is 1. The molecule has 0 N–H and O–H groups in total. The number of benzene rings is 2. The van der Waals surface area contributed by atoms with E-state index in [0.717, 1.165) is 23.8 Å². The van der Waals surface area contributed by atoms with Gasteiger partial charge in [-0.15, -0.1) is 5.10 Å². The molecule has 1 amide bonds. The van der Waals surface area contributed by atoms with Crippen LogP contribution in [0.5, 0.6) is 0 Å². The van der Waals surface area contributed by atoms with E-state index in [1.54, 1.807) is 6.07 Å². The fourth-order valence-corrected chi connectivity index (χ4v) is 3.41. The van der Waals surface area contributed by atoms with Crippen molar-refractivity contribution in [2.75, 3.05) is 31.1 Å². The Morgan fingerprint density at radius 2 is 1.62 bits per heavy atom. The number of amides is 1. The van der Waals surface area contributed by atoms with Crippen molar-refractivity contribution in [2.45, 2.75) is 0 Å². The third kappa shape index (κ3) is 3.13. The van der Waals surface area contributed by atoms with Crippen molar-refractivity contribution in [3.63, 3.8) is 0 Å². The van der Waals surface area contributed by atoms with E-state index in [1.807, 2.05) is 47.4 Å². The fraction of sp³-hybridized carbons (Fsp3) is 0.222. The highest BCUT2D eigenvalue weighted by Crippen LogP contribution is 2.26. The van der Waals surface area contributed by atoms with Gasteiger partial charge >= 0.3 is 0 Å². The molecule has 2 heterocycles. The molecule has 0 aliphatic carbocycles. The Hall–Kier alpha value is -2.93. The molecule has 2 aromatic carbocycles. The summed E-state index contributed by atoms with van der Waals surface area (Å²) in [6.07, 6.45) is 1.49. The Balaban J connectivity index is 1.51. The average molecular weight is 369 g/mol. The van der Waals surface area contributed by atoms with Crippen LogP contribution in [-0.2, 0) is 0 Å². The van der Waals surface area contributed by atoms with Crippen molar-refractivity contribution in [2.24, 2.45) is 0 Å². The van der Waals surface area contributed by atoms with Crippen LogP contribution >= 0.6 is 11.6 Å². The van der Waals surface area contributed by atoms with E-state index >= 15 is 0 Å². The van der Waals surface area contributed by atoms with E-state index < -0.39 is 0 Å². The summed E-state index contributed by atoms with van der Waals surface area (Å²) in [7, 11) is 0. The second kappa shape index (κ2) is 7.13. The van der Waals surface area contributed by atoms with Crippen molar-refractivity contribution in [3.8, 4) is 5.69 Å². The minimum absolute atomic E-state index is 0.0186. The molecule has 3 aromatic rings. The summed E-state index contributed by atoms with van der Waals surface area (Å²) in [6, 6.07) is 15.1. The molecule has 1 aromatic heterocycles. The summed E-state index contributed by atoms with van der Waals surface area (Å²) >= 11 is 6.29. The molecule has 1 aliphatic rings. The van der Waals surface area contributed by atoms with Gasteiger partial charge in [0.25, 0.3) is 5.91 Å². The van der Waals surface area contributed by atoms with E-state index in [1.165, 1.54) is 11.0 Å². The maximum Gasteiger partial charge on any atom is 0.256 e. The molecule has 0 bridgehead atoms. The van der Waals surface area contributed by atoms with E-state index in [0.29, 0.717) is 24.3 Å². The van der Waals surface area contributed by atoms with Crippen LogP contribution < -0.4 is 4.90 Å². The first kappa shape index (κ1) is 16.5. The number of aromatic nitrogens is 4. The van der Waals surface area contributed by atoms with Crippen LogP contribution in [0.4, 0.5) is 5.69 Å². The standard InChI is InChI=1S/C18H17ClN6O/c19-15-6-2-4-8-17(15)23-9-11-24(12-10-23)18(26)14-5-1-3-7-16(14)25-13-20-21-22-25/h1-8,13H,9-12H2. The van der Waals surface area contributed by atoms with E-state index in [-0.39, 0.29) is 5.91 Å². The highest BCUT2D eigenvalue weighted by molar-refractivity contribution is 6.33. The molecule has 7 nitrogen and oxygen atoms in total. The molecule has 1 aliphatic heterocycles. The van der Waals surface area contributed by atoms with Crippen LogP contribution in [0.1, 0.15) is 10.4 Å². The van der Waals surface area contributed by atoms with Crippen LogP contribution in [0.2, 0.25) is 5.02 Å². The molecule has 132 valence electrons. The quantitative estimate of drug-likeness (QED) is 0.709. The largest absolute Gasteiger partial charge is 0.367 e. The number of para-hydroxylation sites is 2. The van der Waals surface area contributed by atoms with Gasteiger partial charge < -0.3 is 9.80 Å². The zero-order valence-corrected chi connectivity index (χ0v) is 14.8. The number of piperazine rings is 1. The summed E-state index contributed by atoms with van der Waals surface area (Å²) in [5, 5.41) is 11.9. The molecular formula is C18H17ClN6O. The van der Waals surface area contributed by atoms with Crippen LogP contribution in [0.15, 0.2) is 54.9 Å². The zero-order chi connectivity index (χ0) is 17.9. The lowest BCUT2D eigenvalue weighted by atomic mass is 10.1. The van der Waals surface area contributed by atoms with Gasteiger partial charge in [-0.1, -0.05) is 35.9 Å². The molecule has 0 unspecified atom stereocenters. The summed E-state index contributed by atoms with van der Waals surface area (Å²) in [5.74, 6) is -0.0186. The first-order valence-corrected chi connectivity index (χ1v) is 8.73. The number of anilines is 1. The topological polar surface area (TPSA) is 67.2 Å². The smallest absolute Gasteiger partial charge is 0.256 e. The molecule has 0 atom stereocenters. The predicted octanol–water partition coefficient (Wildman–Crippen LogP) is 2.28. The molecule has 0 radical (unpaired) electrons. The molecule has 26 heavy (non-hydrogen) atoms. The van der Waals surface area contributed by atoms with Crippen molar-refractivity contribution in [1.82, 2.24) is 25.1 Å². The lowest BCUT2D eigenvalue weighted by molar-refractivity contribution is 0.0746. The van der Waals surface area contributed by atoms with E-state index in [4.69, 9.17) is 11.6 Å². The Kier molecular flexibility index (Phi) is 4.53. The number of hydrogen-bond acceptors (Lipinski definition) is 5. The predicted molar refractivity (Wildman–Crippen MR) is 98.7 cm³/mol. The Morgan fingerprint density at radius 3 is 2.31 bits per heavy atom. The third-order valence-electron chi connectivity index (χ3n) is 4.49. The minimum atomic E-state index is -0.0186. The average Bonchev–Trinajstić information content (AvgIpc) is 3.23. The van der Waals surface area contributed by atoms with E-state index in [9.17, 15) is 4.79 Å². The molecule has 0 saturated carbocycles. The minimum Gasteiger partial charge on any atom is -0.367 e. The molecular weight excluding hydrogens is 352 g/mol. The van der Waals surface area contributed by atoms with Gasteiger partial charge in [-0.3, -0.25) is 4.79 Å². The number of hydrogen-bond donors (Lipinski definition) is 0. The highest BCUT2D eigenvalue weighted by Gasteiger charge is 2.25. The van der Waals surface area contributed by atoms with Crippen LogP contribution in [0, 0.1) is 0 Å². The van der Waals surface area contributed by atoms with E-state index in [2.05, 4.69) is 20.4 Å². The SMILES string of the molecule is O=C(c1ccccc1-n1cnnn1)N1CCN(c2ccccc2Cl)CC1. The third-order valence-corrected chi connectivity index (χ3v) is 4.81. The van der Waals surface area contributed by atoms with Crippen LogP contribution in [0.25, 0.3) is 5.69 Å². The van der Waals surface area contributed by atoms with Crippen molar-refractivity contribution >= 4 is 23.2 Å². The number of nitrogens with zero attached hydrogens (tertiary/aromatic N) is 6. The van der Waals surface area contributed by atoms with Gasteiger partial charge in [0.05, 0.1) is 22.0 Å². The maximum atomic E-state index is 13.0. The normalized spacial score (nSPS) is 14.5. The number of rotatable bonds is 3. The Bertz CT molecular complexity index is 906. The monoisotopic (exact) mass is 368 g/mol. The van der Waals surface area contributed by atoms with Gasteiger partial charge in [-0.2, -0.15) is 4.68 Å². The first-order valence-electron chi connectivity index (χ1n) is 8.35. The second-order valence-corrected chi connectivity index (χ2v) is 6.41. The number of tetrazole rings is 1. The summed E-state index contributed by atoms with van der Waals surface area (Å²) in [5.41, 5.74) is 2.28. The van der Waals surface area contributed by atoms with Crippen molar-refractivity contribution < 1.29 is 4.79 Å². The molecule has 0 spiro atoms. The van der Waals surface area contributed by atoms with Gasteiger partial charge in [0.2, 0.25) is 0 Å². The number of halogens is 1.